The molecule has 7 nitrogen and oxygen atoms in total. The quantitative estimate of drug-likeness (QED) is 0.425. The lowest BCUT2D eigenvalue weighted by Crippen LogP contribution is -2.20. The van der Waals surface area contributed by atoms with Gasteiger partial charge in [-0.1, -0.05) is 35.3 Å². The van der Waals surface area contributed by atoms with Crippen LogP contribution in [-0.2, 0) is 14.8 Å². The number of rotatable bonds is 9. The van der Waals surface area contributed by atoms with Gasteiger partial charge in [-0.15, -0.1) is 0 Å². The third-order valence-electron chi connectivity index (χ3n) is 4.08. The van der Waals surface area contributed by atoms with Crippen LogP contribution >= 0.6 is 23.2 Å². The second-order valence-corrected chi connectivity index (χ2v) is 9.06. The molecule has 0 atom stereocenters. The van der Waals surface area contributed by atoms with Gasteiger partial charge < -0.3 is 14.8 Å². The summed E-state index contributed by atoms with van der Waals surface area (Å²) in [4.78, 5) is 12.2. The molecule has 0 aliphatic carbocycles. The van der Waals surface area contributed by atoms with Gasteiger partial charge in [-0.25, -0.2) is 8.42 Å². The van der Waals surface area contributed by atoms with Crippen molar-refractivity contribution < 1.29 is 22.7 Å². The first-order valence-corrected chi connectivity index (χ1v) is 11.7. The summed E-state index contributed by atoms with van der Waals surface area (Å²) in [6, 6.07) is 17.1. The molecule has 0 fully saturated rings. The number of para-hydroxylation sites is 2. The maximum absolute atomic E-state index is 12.6. The molecule has 0 saturated heterocycles. The second-order valence-electron chi connectivity index (χ2n) is 6.50. The molecule has 10 heteroatoms. The van der Waals surface area contributed by atoms with Crippen molar-refractivity contribution in [1.82, 2.24) is 0 Å². The summed E-state index contributed by atoms with van der Waals surface area (Å²) >= 11 is 11.8. The van der Waals surface area contributed by atoms with Gasteiger partial charge in [0, 0.05) is 10.0 Å². The van der Waals surface area contributed by atoms with Gasteiger partial charge in [0.05, 0.1) is 22.9 Å². The molecular formula is C22H20Cl2N2O5S. The Morgan fingerprint density at radius 2 is 1.59 bits per heavy atom. The lowest BCUT2D eigenvalue weighted by atomic mass is 10.3. The van der Waals surface area contributed by atoms with E-state index in [1.165, 1.54) is 42.5 Å². The molecule has 1 amide bonds. The fourth-order valence-corrected chi connectivity index (χ4v) is 4.29. The van der Waals surface area contributed by atoms with Crippen molar-refractivity contribution in [2.24, 2.45) is 0 Å². The maximum atomic E-state index is 12.6. The Kier molecular flexibility index (Phi) is 7.84. The Bertz CT molecular complexity index is 1180. The minimum absolute atomic E-state index is 0.0102. The van der Waals surface area contributed by atoms with E-state index in [-0.39, 0.29) is 23.1 Å². The zero-order chi connectivity index (χ0) is 23.1. The van der Waals surface area contributed by atoms with Crippen LogP contribution < -0.4 is 19.5 Å². The predicted octanol–water partition coefficient (Wildman–Crippen LogP) is 5.21. The molecule has 32 heavy (non-hydrogen) atoms. The van der Waals surface area contributed by atoms with Crippen molar-refractivity contribution in [2.75, 3.05) is 23.3 Å². The van der Waals surface area contributed by atoms with Gasteiger partial charge in [0.15, 0.2) is 6.61 Å². The fraction of sp³-hybridized carbons (Fsp3) is 0.136. The number of hydrogen-bond acceptors (Lipinski definition) is 5. The highest BCUT2D eigenvalue weighted by atomic mass is 35.5. The zero-order valence-electron chi connectivity index (χ0n) is 17.0. The summed E-state index contributed by atoms with van der Waals surface area (Å²) in [6.45, 7) is 2.06. The van der Waals surface area contributed by atoms with Crippen LogP contribution in [0.1, 0.15) is 6.92 Å². The molecule has 0 radical (unpaired) electrons. The molecule has 3 aromatic rings. The van der Waals surface area contributed by atoms with E-state index in [9.17, 15) is 13.2 Å². The molecule has 0 heterocycles. The SMILES string of the molecule is CCOc1ccccc1NC(=O)COc1ccc(S(=O)(=O)Nc2cc(Cl)cc(Cl)c2)cc1. The number of nitrogens with one attached hydrogen (secondary N) is 2. The number of sulfonamides is 1. The fourth-order valence-electron chi connectivity index (χ4n) is 2.73. The summed E-state index contributed by atoms with van der Waals surface area (Å²) in [6.07, 6.45) is 0. The molecule has 2 N–H and O–H groups in total. The number of hydrogen-bond donors (Lipinski definition) is 2. The van der Waals surface area contributed by atoms with E-state index in [4.69, 9.17) is 32.7 Å². The molecule has 0 unspecified atom stereocenters. The Labute approximate surface area is 196 Å². The molecule has 168 valence electrons. The zero-order valence-corrected chi connectivity index (χ0v) is 19.3. The van der Waals surface area contributed by atoms with Gasteiger partial charge in [0.1, 0.15) is 11.5 Å². The Morgan fingerprint density at radius 3 is 2.25 bits per heavy atom. The number of carbonyl (C=O) groups is 1. The second kappa shape index (κ2) is 10.6. The first-order chi connectivity index (χ1) is 15.3. The highest BCUT2D eigenvalue weighted by molar-refractivity contribution is 7.92. The summed E-state index contributed by atoms with van der Waals surface area (Å²) in [5.41, 5.74) is 0.781. The van der Waals surface area contributed by atoms with Gasteiger partial charge in [-0.05, 0) is 61.5 Å². The van der Waals surface area contributed by atoms with Crippen molar-refractivity contribution in [2.45, 2.75) is 11.8 Å². The van der Waals surface area contributed by atoms with Gasteiger partial charge in [0.2, 0.25) is 0 Å². The largest absolute Gasteiger partial charge is 0.492 e. The van der Waals surface area contributed by atoms with Crippen LogP contribution in [0.15, 0.2) is 71.6 Å². The average Bonchev–Trinajstić information content (AvgIpc) is 2.73. The molecule has 0 spiro atoms. The van der Waals surface area contributed by atoms with E-state index in [0.29, 0.717) is 33.8 Å². The number of halogens is 2. The van der Waals surface area contributed by atoms with Crippen LogP contribution in [0.2, 0.25) is 10.0 Å². The lowest BCUT2D eigenvalue weighted by molar-refractivity contribution is -0.118. The summed E-state index contributed by atoms with van der Waals surface area (Å²) in [7, 11) is -3.86. The molecule has 0 aliphatic heterocycles. The van der Waals surface area contributed by atoms with E-state index in [0.717, 1.165) is 0 Å². The smallest absolute Gasteiger partial charge is 0.262 e. The number of benzene rings is 3. The van der Waals surface area contributed by atoms with Gasteiger partial charge in [0.25, 0.3) is 15.9 Å². The molecule has 0 aromatic heterocycles. The van der Waals surface area contributed by atoms with E-state index < -0.39 is 10.0 Å². The summed E-state index contributed by atoms with van der Waals surface area (Å²) in [5, 5.41) is 3.33. The van der Waals surface area contributed by atoms with Gasteiger partial charge in [-0.2, -0.15) is 0 Å². The van der Waals surface area contributed by atoms with Crippen LogP contribution in [0.5, 0.6) is 11.5 Å². The van der Waals surface area contributed by atoms with Crippen molar-refractivity contribution >= 4 is 50.5 Å². The minimum Gasteiger partial charge on any atom is -0.492 e. The van der Waals surface area contributed by atoms with Crippen molar-refractivity contribution in [3.8, 4) is 11.5 Å². The highest BCUT2D eigenvalue weighted by Gasteiger charge is 2.15. The number of ether oxygens (including phenoxy) is 2. The number of carbonyl (C=O) groups excluding carboxylic acids is 1. The minimum atomic E-state index is -3.86. The van der Waals surface area contributed by atoms with Crippen LogP contribution in [-0.4, -0.2) is 27.5 Å². The molecular weight excluding hydrogens is 475 g/mol. The molecule has 3 rings (SSSR count). The molecule has 3 aromatic carbocycles. The Balaban J connectivity index is 1.60. The first kappa shape index (κ1) is 23.7. The normalized spacial score (nSPS) is 11.0. The molecule has 0 saturated carbocycles. The van der Waals surface area contributed by atoms with Crippen LogP contribution in [0, 0.1) is 0 Å². The van der Waals surface area contributed by atoms with Crippen LogP contribution in [0.4, 0.5) is 11.4 Å². The van der Waals surface area contributed by atoms with Gasteiger partial charge in [-0.3, -0.25) is 9.52 Å². The van der Waals surface area contributed by atoms with E-state index in [1.54, 1.807) is 18.2 Å². The number of anilines is 2. The van der Waals surface area contributed by atoms with Crippen molar-refractivity contribution in [3.05, 3.63) is 76.8 Å². The van der Waals surface area contributed by atoms with Crippen molar-refractivity contribution in [1.29, 1.82) is 0 Å². The lowest BCUT2D eigenvalue weighted by Gasteiger charge is -2.12. The third kappa shape index (κ3) is 6.53. The molecule has 0 bridgehead atoms. The first-order valence-electron chi connectivity index (χ1n) is 9.50. The monoisotopic (exact) mass is 494 g/mol. The Morgan fingerprint density at radius 1 is 0.938 bits per heavy atom. The van der Waals surface area contributed by atoms with E-state index >= 15 is 0 Å². The molecule has 0 aliphatic rings. The topological polar surface area (TPSA) is 93.7 Å². The number of amides is 1. The standard InChI is InChI=1S/C22H20Cl2N2O5S/c1-2-30-21-6-4-3-5-20(21)25-22(27)14-31-18-7-9-19(10-8-18)32(28,29)26-17-12-15(23)11-16(24)13-17/h3-13,26H,2,14H2,1H3,(H,25,27). The summed E-state index contributed by atoms with van der Waals surface area (Å²) in [5.74, 6) is 0.516. The maximum Gasteiger partial charge on any atom is 0.262 e. The van der Waals surface area contributed by atoms with Crippen LogP contribution in [0.3, 0.4) is 0 Å². The Hall–Kier alpha value is -2.94. The highest BCUT2D eigenvalue weighted by Crippen LogP contribution is 2.26. The third-order valence-corrected chi connectivity index (χ3v) is 5.91. The summed E-state index contributed by atoms with van der Waals surface area (Å²) < 4.78 is 38.5. The van der Waals surface area contributed by atoms with Crippen LogP contribution in [0.25, 0.3) is 0 Å². The predicted molar refractivity (Wildman–Crippen MR) is 125 cm³/mol. The average molecular weight is 495 g/mol. The van der Waals surface area contributed by atoms with Gasteiger partial charge >= 0.3 is 0 Å². The van der Waals surface area contributed by atoms with Crippen molar-refractivity contribution in [3.63, 3.8) is 0 Å². The van der Waals surface area contributed by atoms with E-state index in [2.05, 4.69) is 10.0 Å². The van der Waals surface area contributed by atoms with E-state index in [1.807, 2.05) is 13.0 Å².